The summed E-state index contributed by atoms with van der Waals surface area (Å²) in [5.74, 6) is -2.54. The molecular weight excluding hydrogens is 422 g/mol. The van der Waals surface area contributed by atoms with Crippen LogP contribution in [-0.2, 0) is 16.0 Å². The Bertz CT molecular complexity index is 1210. The maximum Gasteiger partial charge on any atom is 0.335 e. The van der Waals surface area contributed by atoms with Crippen LogP contribution >= 0.6 is 11.3 Å². The number of hydrogen-bond donors (Lipinski definition) is 2. The van der Waals surface area contributed by atoms with E-state index in [0.29, 0.717) is 34.6 Å². The fourth-order valence-electron chi connectivity index (χ4n) is 3.42. The van der Waals surface area contributed by atoms with Gasteiger partial charge >= 0.3 is 5.97 Å². The number of carbonyl (C=O) groups excluding carboxylic acids is 1. The molecule has 0 aliphatic heterocycles. The molecule has 0 saturated heterocycles. The highest BCUT2D eigenvalue weighted by molar-refractivity contribution is 7.18. The lowest BCUT2D eigenvalue weighted by atomic mass is 9.96. The van der Waals surface area contributed by atoms with Gasteiger partial charge in [0.25, 0.3) is 0 Å². The molecule has 3 aromatic rings. The van der Waals surface area contributed by atoms with Crippen molar-refractivity contribution in [2.45, 2.75) is 12.8 Å². The van der Waals surface area contributed by atoms with E-state index in [-0.39, 0.29) is 23.8 Å². The van der Waals surface area contributed by atoms with Gasteiger partial charge < -0.3 is 10.4 Å². The molecule has 1 atom stereocenters. The molecule has 0 fully saturated rings. The van der Waals surface area contributed by atoms with Crippen LogP contribution in [-0.4, -0.2) is 28.5 Å². The maximum absolute atomic E-state index is 13.5. The van der Waals surface area contributed by atoms with Crippen molar-refractivity contribution < 1.29 is 23.5 Å². The third kappa shape index (κ3) is 5.03. The number of nitrogens with zero attached hydrogens (tertiary/aromatic N) is 1. The molecule has 1 amide bonds. The highest BCUT2D eigenvalue weighted by Crippen LogP contribution is 2.29. The van der Waals surface area contributed by atoms with Gasteiger partial charge in [0, 0.05) is 12.6 Å². The van der Waals surface area contributed by atoms with E-state index in [1.165, 1.54) is 23.5 Å². The fraction of sp³-hybridized carbons (Fsp3) is 0.174. The summed E-state index contributed by atoms with van der Waals surface area (Å²) in [6.07, 6.45) is 5.77. The predicted octanol–water partition coefficient (Wildman–Crippen LogP) is 4.49. The molecule has 5 nitrogen and oxygen atoms in total. The number of aromatic nitrogens is 1. The zero-order valence-corrected chi connectivity index (χ0v) is 17.1. The normalized spacial score (nSPS) is 15.7. The number of benzene rings is 2. The van der Waals surface area contributed by atoms with E-state index < -0.39 is 17.6 Å². The Balaban J connectivity index is 1.42. The van der Waals surface area contributed by atoms with Crippen molar-refractivity contribution in [1.29, 1.82) is 0 Å². The van der Waals surface area contributed by atoms with E-state index in [0.717, 1.165) is 10.8 Å². The smallest absolute Gasteiger partial charge is 0.335 e. The van der Waals surface area contributed by atoms with E-state index in [4.69, 9.17) is 5.11 Å². The monoisotopic (exact) mass is 440 g/mol. The van der Waals surface area contributed by atoms with Gasteiger partial charge in [-0.3, -0.25) is 4.79 Å². The van der Waals surface area contributed by atoms with E-state index >= 15 is 0 Å². The van der Waals surface area contributed by atoms with E-state index in [1.807, 2.05) is 0 Å². The van der Waals surface area contributed by atoms with Gasteiger partial charge in [0.15, 0.2) is 0 Å². The lowest BCUT2D eigenvalue weighted by molar-refractivity contribution is -0.132. The van der Waals surface area contributed by atoms with E-state index in [2.05, 4.69) is 10.3 Å². The first-order valence-electron chi connectivity index (χ1n) is 9.61. The molecule has 1 heterocycles. The number of halogens is 2. The quantitative estimate of drug-likeness (QED) is 0.592. The summed E-state index contributed by atoms with van der Waals surface area (Å²) in [6.45, 7) is 0.347. The van der Waals surface area contributed by atoms with Crippen LogP contribution in [0.5, 0.6) is 0 Å². The Morgan fingerprint density at radius 3 is 2.65 bits per heavy atom. The third-order valence-corrected chi connectivity index (χ3v) is 5.92. The van der Waals surface area contributed by atoms with Crippen molar-refractivity contribution in [1.82, 2.24) is 10.3 Å². The van der Waals surface area contributed by atoms with Crippen LogP contribution in [0.1, 0.15) is 11.4 Å². The number of allylic oxidation sites excluding steroid dienone is 1. The van der Waals surface area contributed by atoms with Crippen LogP contribution in [0.4, 0.5) is 8.78 Å². The molecule has 2 aromatic carbocycles. The number of thiazole rings is 1. The lowest BCUT2D eigenvalue weighted by Gasteiger charge is -2.15. The number of amides is 1. The molecule has 31 heavy (non-hydrogen) atoms. The zero-order chi connectivity index (χ0) is 22.0. The number of hydrogen-bond acceptors (Lipinski definition) is 4. The summed E-state index contributed by atoms with van der Waals surface area (Å²) in [5, 5.41) is 12.5. The second-order valence-electron chi connectivity index (χ2n) is 7.25. The van der Waals surface area contributed by atoms with Crippen LogP contribution in [0.2, 0.25) is 0 Å². The predicted molar refractivity (Wildman–Crippen MR) is 115 cm³/mol. The maximum atomic E-state index is 13.5. The Morgan fingerprint density at radius 1 is 1.13 bits per heavy atom. The summed E-state index contributed by atoms with van der Waals surface area (Å²) < 4.78 is 27.8. The molecule has 8 heteroatoms. The van der Waals surface area contributed by atoms with Crippen molar-refractivity contribution in [2.24, 2.45) is 5.92 Å². The second-order valence-corrected chi connectivity index (χ2v) is 8.37. The summed E-state index contributed by atoms with van der Waals surface area (Å²) in [5.41, 5.74) is 2.03. The number of aliphatic carboxylic acids is 1. The minimum absolute atomic E-state index is 0.0651. The summed E-state index contributed by atoms with van der Waals surface area (Å²) in [7, 11) is 0. The summed E-state index contributed by atoms with van der Waals surface area (Å²) >= 11 is 1.35. The molecule has 4 rings (SSSR count). The average Bonchev–Trinajstić information content (AvgIpc) is 3.13. The highest BCUT2D eigenvalue weighted by atomic mass is 32.1. The van der Waals surface area contributed by atoms with Gasteiger partial charge in [-0.05, 0) is 47.7 Å². The van der Waals surface area contributed by atoms with Gasteiger partial charge in [0.2, 0.25) is 5.91 Å². The SMILES string of the molecule is O=C(Cc1nc2ccc(-c3cc(F)cc(F)c3)cc2s1)NCC1C=C(C(=O)O)C=CC1. The average molecular weight is 440 g/mol. The first-order valence-corrected chi connectivity index (χ1v) is 10.4. The molecule has 0 bridgehead atoms. The number of carboxylic acids is 1. The highest BCUT2D eigenvalue weighted by Gasteiger charge is 2.16. The second kappa shape index (κ2) is 8.77. The van der Waals surface area contributed by atoms with Gasteiger partial charge in [0.05, 0.1) is 22.2 Å². The Kier molecular flexibility index (Phi) is 5.90. The minimum atomic E-state index is -0.984. The van der Waals surface area contributed by atoms with Crippen molar-refractivity contribution in [3.8, 4) is 11.1 Å². The third-order valence-electron chi connectivity index (χ3n) is 4.90. The Morgan fingerprint density at radius 2 is 1.90 bits per heavy atom. The largest absolute Gasteiger partial charge is 0.478 e. The topological polar surface area (TPSA) is 79.3 Å². The Hall–Kier alpha value is -3.39. The zero-order valence-electron chi connectivity index (χ0n) is 16.3. The van der Waals surface area contributed by atoms with Gasteiger partial charge in [-0.2, -0.15) is 0 Å². The molecule has 0 spiro atoms. The molecular formula is C23H18F2N2O3S. The van der Waals surface area contributed by atoms with Crippen molar-refractivity contribution in [2.75, 3.05) is 6.54 Å². The molecule has 1 unspecified atom stereocenters. The van der Waals surface area contributed by atoms with Gasteiger partial charge in [-0.25, -0.2) is 18.6 Å². The molecule has 1 aliphatic carbocycles. The standard InChI is InChI=1S/C23H18F2N2O3S/c24-17-7-16(8-18(25)10-17)14-4-5-19-20(9-14)31-22(27-19)11-21(28)26-12-13-2-1-3-15(6-13)23(29)30/h1,3-10,13H,2,11-12H2,(H,26,28)(H,29,30). The van der Waals surface area contributed by atoms with Gasteiger partial charge in [-0.15, -0.1) is 11.3 Å². The van der Waals surface area contributed by atoms with Crippen molar-refractivity contribution in [3.05, 3.63) is 76.8 Å². The van der Waals surface area contributed by atoms with Crippen molar-refractivity contribution in [3.63, 3.8) is 0 Å². The van der Waals surface area contributed by atoms with Crippen LogP contribution in [0.3, 0.4) is 0 Å². The number of nitrogens with one attached hydrogen (secondary N) is 1. The van der Waals surface area contributed by atoms with Gasteiger partial charge in [-0.1, -0.05) is 24.3 Å². The molecule has 1 aromatic heterocycles. The van der Waals surface area contributed by atoms with Crippen LogP contribution in [0, 0.1) is 17.6 Å². The first-order chi connectivity index (χ1) is 14.9. The van der Waals surface area contributed by atoms with Crippen LogP contribution in [0.15, 0.2) is 60.2 Å². The molecule has 158 valence electrons. The number of rotatable bonds is 6. The lowest BCUT2D eigenvalue weighted by Crippen LogP contribution is -2.30. The van der Waals surface area contributed by atoms with Gasteiger partial charge in [0.1, 0.15) is 16.6 Å². The van der Waals surface area contributed by atoms with Crippen LogP contribution in [0.25, 0.3) is 21.3 Å². The number of fused-ring (bicyclic) bond motifs is 1. The summed E-state index contributed by atoms with van der Waals surface area (Å²) in [6, 6.07) is 8.66. The van der Waals surface area contributed by atoms with E-state index in [9.17, 15) is 18.4 Å². The number of carbonyl (C=O) groups is 2. The fourth-order valence-corrected chi connectivity index (χ4v) is 4.43. The number of carboxylic acid groups (broad SMARTS) is 1. The van der Waals surface area contributed by atoms with E-state index in [1.54, 1.807) is 36.4 Å². The molecule has 2 N–H and O–H groups in total. The first kappa shape index (κ1) is 20.9. The minimum Gasteiger partial charge on any atom is -0.478 e. The Labute approximate surface area is 180 Å². The molecule has 1 aliphatic rings. The molecule has 0 saturated carbocycles. The molecule has 0 radical (unpaired) electrons. The summed E-state index contributed by atoms with van der Waals surface area (Å²) in [4.78, 5) is 27.9. The van der Waals surface area contributed by atoms with Crippen LogP contribution < -0.4 is 5.32 Å². The van der Waals surface area contributed by atoms with Crippen molar-refractivity contribution >= 4 is 33.4 Å².